The molecule has 4 unspecified atom stereocenters. The van der Waals surface area contributed by atoms with Crippen molar-refractivity contribution in [3.05, 3.63) is 12.3 Å². The molecule has 1 aliphatic heterocycles. The predicted octanol–water partition coefficient (Wildman–Crippen LogP) is 2.71. The number of fused-ring (bicyclic) bond motifs is 2. The van der Waals surface area contributed by atoms with Crippen LogP contribution >= 0.6 is 0 Å². The van der Waals surface area contributed by atoms with Gasteiger partial charge in [0.15, 0.2) is 0 Å². The molecule has 1 N–H and O–H groups in total. The maximum atomic E-state index is 4.81. The molecule has 1 aromatic rings. The van der Waals surface area contributed by atoms with Crippen molar-refractivity contribution >= 4 is 11.8 Å². The number of rotatable bonds is 3. The van der Waals surface area contributed by atoms with Crippen LogP contribution in [0, 0.1) is 23.2 Å². The van der Waals surface area contributed by atoms with Gasteiger partial charge < -0.3 is 15.1 Å². The van der Waals surface area contributed by atoms with Gasteiger partial charge in [-0.3, -0.25) is 0 Å². The lowest BCUT2D eigenvalue weighted by Gasteiger charge is -2.62. The normalized spacial score (nSPS) is 35.4. The number of likely N-dealkylation sites (N-methyl/N-ethyl adjacent to an activating group) is 1. The van der Waals surface area contributed by atoms with E-state index in [-0.39, 0.29) is 0 Å². The highest BCUT2D eigenvalue weighted by Gasteiger charge is 2.56. The highest BCUT2D eigenvalue weighted by Crippen LogP contribution is 2.61. The standard InChI is InChI=1S/C19H31N5/c1-13-15-11-14(19(15,2)3)12-16(13)21-18-20-6-5-17(22-18)24-9-7-23(4)8-10-24/h5-6,13-16H,7-12H2,1-4H3,(H,20,21,22). The van der Waals surface area contributed by atoms with Crippen molar-refractivity contribution in [3.63, 3.8) is 0 Å². The molecule has 5 nitrogen and oxygen atoms in total. The summed E-state index contributed by atoms with van der Waals surface area (Å²) in [6.45, 7) is 11.6. The first-order valence-corrected chi connectivity index (χ1v) is 9.48. The van der Waals surface area contributed by atoms with E-state index in [1.54, 1.807) is 0 Å². The van der Waals surface area contributed by atoms with E-state index in [2.05, 4.69) is 47.9 Å². The SMILES string of the molecule is CC1C(Nc2nccc(N3CCN(C)CC3)n2)CC2CC1C2(C)C. The first-order chi connectivity index (χ1) is 11.4. The maximum Gasteiger partial charge on any atom is 0.224 e. The Bertz CT molecular complexity index is 593. The Hall–Kier alpha value is -1.36. The van der Waals surface area contributed by atoms with Gasteiger partial charge in [-0.05, 0) is 49.1 Å². The molecule has 0 aromatic carbocycles. The van der Waals surface area contributed by atoms with Crippen LogP contribution in [-0.2, 0) is 0 Å². The van der Waals surface area contributed by atoms with E-state index < -0.39 is 0 Å². The average molecular weight is 329 g/mol. The van der Waals surface area contributed by atoms with E-state index in [9.17, 15) is 0 Å². The first kappa shape index (κ1) is 16.1. The quantitative estimate of drug-likeness (QED) is 0.924. The highest BCUT2D eigenvalue weighted by atomic mass is 15.3. The Morgan fingerprint density at radius 3 is 2.58 bits per heavy atom. The number of anilines is 2. The molecule has 24 heavy (non-hydrogen) atoms. The van der Waals surface area contributed by atoms with Crippen molar-refractivity contribution in [2.24, 2.45) is 23.2 Å². The van der Waals surface area contributed by atoms with Crippen molar-refractivity contribution in [2.45, 2.75) is 39.7 Å². The lowest BCUT2D eigenvalue weighted by molar-refractivity contribution is -0.105. The molecule has 0 amide bonds. The third-order valence-electron chi connectivity index (χ3n) is 7.14. The summed E-state index contributed by atoms with van der Waals surface area (Å²) in [4.78, 5) is 14.0. The molecule has 5 rings (SSSR count). The smallest absolute Gasteiger partial charge is 0.224 e. The molecule has 2 heterocycles. The van der Waals surface area contributed by atoms with Gasteiger partial charge in [-0.2, -0.15) is 4.98 Å². The molecular weight excluding hydrogens is 298 g/mol. The molecule has 3 saturated carbocycles. The Labute approximate surface area is 145 Å². The predicted molar refractivity (Wildman–Crippen MR) is 98.3 cm³/mol. The zero-order valence-electron chi connectivity index (χ0n) is 15.5. The van der Waals surface area contributed by atoms with Crippen molar-refractivity contribution in [1.29, 1.82) is 0 Å². The van der Waals surface area contributed by atoms with E-state index in [1.807, 2.05) is 12.3 Å². The van der Waals surface area contributed by atoms with Crippen LogP contribution in [0.2, 0.25) is 0 Å². The molecule has 4 fully saturated rings. The van der Waals surface area contributed by atoms with Gasteiger partial charge in [-0.1, -0.05) is 20.8 Å². The van der Waals surface area contributed by atoms with E-state index in [0.29, 0.717) is 17.4 Å². The fourth-order valence-electron chi connectivity index (χ4n) is 5.14. The molecule has 1 aromatic heterocycles. The van der Waals surface area contributed by atoms with Crippen LogP contribution < -0.4 is 10.2 Å². The number of hydrogen-bond acceptors (Lipinski definition) is 5. The van der Waals surface area contributed by atoms with Gasteiger partial charge in [-0.15, -0.1) is 0 Å². The van der Waals surface area contributed by atoms with Gasteiger partial charge in [0.05, 0.1) is 0 Å². The van der Waals surface area contributed by atoms with E-state index in [4.69, 9.17) is 4.98 Å². The molecule has 5 heteroatoms. The molecule has 1 saturated heterocycles. The lowest BCUT2D eigenvalue weighted by atomic mass is 9.45. The van der Waals surface area contributed by atoms with Crippen molar-refractivity contribution in [2.75, 3.05) is 43.4 Å². The van der Waals surface area contributed by atoms with E-state index >= 15 is 0 Å². The Morgan fingerprint density at radius 2 is 1.92 bits per heavy atom. The molecule has 132 valence electrons. The molecule has 2 bridgehead atoms. The molecular formula is C19H31N5. The van der Waals surface area contributed by atoms with Gasteiger partial charge in [0.1, 0.15) is 5.82 Å². The second kappa shape index (κ2) is 5.87. The number of hydrogen-bond donors (Lipinski definition) is 1. The minimum atomic E-state index is 0.518. The summed E-state index contributed by atoms with van der Waals surface area (Å²) in [5.41, 5.74) is 0.528. The summed E-state index contributed by atoms with van der Waals surface area (Å²) in [6.07, 6.45) is 4.57. The Kier molecular flexibility index (Phi) is 3.94. The third-order valence-corrected chi connectivity index (χ3v) is 7.14. The highest BCUT2D eigenvalue weighted by molar-refractivity contribution is 5.43. The summed E-state index contributed by atoms with van der Waals surface area (Å²) < 4.78 is 0. The fourth-order valence-corrected chi connectivity index (χ4v) is 5.14. The van der Waals surface area contributed by atoms with Crippen LogP contribution in [0.3, 0.4) is 0 Å². The molecule has 0 spiro atoms. The van der Waals surface area contributed by atoms with Crippen molar-refractivity contribution in [3.8, 4) is 0 Å². The van der Waals surface area contributed by atoms with E-state index in [0.717, 1.165) is 49.8 Å². The van der Waals surface area contributed by atoms with Gasteiger partial charge in [0.25, 0.3) is 0 Å². The summed E-state index contributed by atoms with van der Waals surface area (Å²) in [6, 6.07) is 2.56. The van der Waals surface area contributed by atoms with Crippen LogP contribution in [0.5, 0.6) is 0 Å². The lowest BCUT2D eigenvalue weighted by Crippen LogP contribution is -2.58. The van der Waals surface area contributed by atoms with Crippen molar-refractivity contribution < 1.29 is 0 Å². The van der Waals surface area contributed by atoms with Crippen molar-refractivity contribution in [1.82, 2.24) is 14.9 Å². The summed E-state index contributed by atoms with van der Waals surface area (Å²) in [7, 11) is 2.18. The number of piperazine rings is 1. The zero-order valence-corrected chi connectivity index (χ0v) is 15.5. The van der Waals surface area contributed by atoms with Crippen LogP contribution in [-0.4, -0.2) is 54.1 Å². The van der Waals surface area contributed by atoms with Gasteiger partial charge in [0, 0.05) is 38.4 Å². The monoisotopic (exact) mass is 329 g/mol. The first-order valence-electron chi connectivity index (χ1n) is 9.48. The zero-order chi connectivity index (χ0) is 16.9. The number of nitrogens with one attached hydrogen (secondary N) is 1. The minimum absolute atomic E-state index is 0.518. The number of nitrogens with zero attached hydrogens (tertiary/aromatic N) is 4. The summed E-state index contributed by atoms with van der Waals surface area (Å²) >= 11 is 0. The maximum absolute atomic E-state index is 4.81. The van der Waals surface area contributed by atoms with Gasteiger partial charge in [-0.25, -0.2) is 4.98 Å². The van der Waals surface area contributed by atoms with Crippen LogP contribution in [0.4, 0.5) is 11.8 Å². The van der Waals surface area contributed by atoms with Gasteiger partial charge in [0.2, 0.25) is 5.95 Å². The molecule has 0 radical (unpaired) electrons. The second-order valence-electron chi connectivity index (χ2n) is 8.73. The van der Waals surface area contributed by atoms with Crippen LogP contribution in [0.25, 0.3) is 0 Å². The Balaban J connectivity index is 1.43. The second-order valence-corrected chi connectivity index (χ2v) is 8.73. The fraction of sp³-hybridized carbons (Fsp3) is 0.789. The van der Waals surface area contributed by atoms with Gasteiger partial charge >= 0.3 is 0 Å². The minimum Gasteiger partial charge on any atom is -0.354 e. The topological polar surface area (TPSA) is 44.3 Å². The van der Waals surface area contributed by atoms with Crippen LogP contribution in [0.15, 0.2) is 12.3 Å². The molecule has 4 aliphatic rings. The van der Waals surface area contributed by atoms with Crippen LogP contribution in [0.1, 0.15) is 33.6 Å². The third kappa shape index (κ3) is 2.67. The summed E-state index contributed by atoms with van der Waals surface area (Å²) in [5.74, 6) is 4.27. The Morgan fingerprint density at radius 1 is 1.17 bits per heavy atom. The number of aromatic nitrogens is 2. The molecule has 3 aliphatic carbocycles. The largest absolute Gasteiger partial charge is 0.354 e. The van der Waals surface area contributed by atoms with E-state index in [1.165, 1.54) is 12.8 Å². The molecule has 4 atom stereocenters. The summed E-state index contributed by atoms with van der Waals surface area (Å²) in [5, 5.41) is 3.66. The average Bonchev–Trinajstić information content (AvgIpc) is 2.57.